The Morgan fingerprint density at radius 2 is 1.87 bits per heavy atom. The Labute approximate surface area is 189 Å². The number of aromatic nitrogens is 2. The third kappa shape index (κ3) is 3.35. The summed E-state index contributed by atoms with van der Waals surface area (Å²) in [7, 11) is 0. The van der Waals surface area contributed by atoms with Crippen molar-refractivity contribution in [2.24, 2.45) is 5.41 Å². The minimum absolute atomic E-state index is 0.0231. The van der Waals surface area contributed by atoms with Gasteiger partial charge in [-0.05, 0) is 92.6 Å². The molecule has 0 N–H and O–H groups in total. The minimum Gasteiger partial charge on any atom is -0.437 e. The van der Waals surface area contributed by atoms with E-state index >= 15 is 0 Å². The minimum atomic E-state index is -2.29. The highest BCUT2D eigenvalue weighted by atomic mass is 16.3. The van der Waals surface area contributed by atoms with Crippen LogP contribution in [0.4, 0.5) is 0 Å². The Hall–Kier alpha value is -2.68. The van der Waals surface area contributed by atoms with Gasteiger partial charge in [0, 0.05) is 33.7 Å². The van der Waals surface area contributed by atoms with Gasteiger partial charge in [0.05, 0.1) is 5.69 Å². The van der Waals surface area contributed by atoms with Gasteiger partial charge in [-0.25, -0.2) is 4.98 Å². The van der Waals surface area contributed by atoms with Gasteiger partial charge in [-0.1, -0.05) is 31.4 Å². The zero-order valence-corrected chi connectivity index (χ0v) is 17.8. The van der Waals surface area contributed by atoms with Crippen molar-refractivity contribution in [1.29, 1.82) is 0 Å². The number of hydrogen-bond donors (Lipinski definition) is 0. The number of benzene rings is 1. The molecular formula is C28H30N2O. The van der Waals surface area contributed by atoms with E-state index in [0.29, 0.717) is 16.7 Å². The number of aryl methyl sites for hydroxylation is 1. The molecule has 0 amide bonds. The lowest BCUT2D eigenvalue weighted by molar-refractivity contribution is 0.114. The first-order valence-electron chi connectivity index (χ1n) is 13.6. The van der Waals surface area contributed by atoms with E-state index in [1.165, 1.54) is 32.1 Å². The van der Waals surface area contributed by atoms with Crippen LogP contribution in [0.25, 0.3) is 33.3 Å². The van der Waals surface area contributed by atoms with Crippen LogP contribution < -0.4 is 0 Å². The van der Waals surface area contributed by atoms with Crippen molar-refractivity contribution >= 4 is 22.1 Å². The van der Waals surface area contributed by atoms with Gasteiger partial charge in [0.25, 0.3) is 0 Å². The summed E-state index contributed by atoms with van der Waals surface area (Å²) in [4.78, 5) is 8.92. The van der Waals surface area contributed by atoms with Crippen LogP contribution in [0.5, 0.6) is 0 Å². The summed E-state index contributed by atoms with van der Waals surface area (Å²) < 4.78 is 38.4. The second kappa shape index (κ2) is 7.47. The van der Waals surface area contributed by atoms with E-state index in [2.05, 4.69) is 16.0 Å². The molecule has 2 aliphatic carbocycles. The SMILES string of the molecule is [2H]C([2H])([2H])c1ccc2c(n1)oc1c(-c3cc(C4([2H])CCC5(CCCCC5)CC4)ccn3)cccc12. The highest BCUT2D eigenvalue weighted by molar-refractivity contribution is 6.08. The Balaban J connectivity index is 1.37. The van der Waals surface area contributed by atoms with Crippen LogP contribution in [0.3, 0.4) is 0 Å². The average Bonchev–Trinajstić information content (AvgIpc) is 3.24. The van der Waals surface area contributed by atoms with E-state index in [-0.39, 0.29) is 5.69 Å². The Kier molecular flexibility index (Phi) is 3.66. The molecule has 0 atom stereocenters. The highest BCUT2D eigenvalue weighted by Crippen LogP contribution is 2.51. The predicted molar refractivity (Wildman–Crippen MR) is 126 cm³/mol. The Morgan fingerprint density at radius 3 is 2.71 bits per heavy atom. The average molecular weight is 415 g/mol. The molecule has 3 heterocycles. The van der Waals surface area contributed by atoms with Crippen molar-refractivity contribution in [3.63, 3.8) is 0 Å². The maximum absolute atomic E-state index is 9.34. The van der Waals surface area contributed by atoms with Gasteiger partial charge in [0.2, 0.25) is 5.71 Å². The fourth-order valence-corrected chi connectivity index (χ4v) is 5.85. The number of furan rings is 1. The molecule has 3 aromatic heterocycles. The fourth-order valence-electron chi connectivity index (χ4n) is 5.85. The van der Waals surface area contributed by atoms with E-state index in [4.69, 9.17) is 8.53 Å². The van der Waals surface area contributed by atoms with E-state index in [0.717, 1.165) is 53.3 Å². The lowest BCUT2D eigenvalue weighted by atomic mass is 9.62. The van der Waals surface area contributed by atoms with Gasteiger partial charge in [-0.15, -0.1) is 0 Å². The quantitative estimate of drug-likeness (QED) is 0.334. The van der Waals surface area contributed by atoms with E-state index in [9.17, 15) is 1.37 Å². The van der Waals surface area contributed by atoms with Gasteiger partial charge in [0.15, 0.2) is 0 Å². The van der Waals surface area contributed by atoms with Crippen molar-refractivity contribution in [3.05, 3.63) is 59.9 Å². The lowest BCUT2D eigenvalue weighted by Gasteiger charge is -2.43. The molecular weight excluding hydrogens is 380 g/mol. The molecule has 31 heavy (non-hydrogen) atoms. The van der Waals surface area contributed by atoms with Crippen LogP contribution in [0.2, 0.25) is 0 Å². The van der Waals surface area contributed by atoms with E-state index < -0.39 is 12.7 Å². The number of hydrogen-bond acceptors (Lipinski definition) is 3. The third-order valence-electron chi connectivity index (χ3n) is 7.64. The molecule has 6 rings (SSSR count). The molecule has 1 aromatic carbocycles. The number of pyridine rings is 2. The molecule has 2 aliphatic rings. The van der Waals surface area contributed by atoms with Crippen LogP contribution in [0, 0.1) is 12.3 Å². The van der Waals surface area contributed by atoms with Crippen molar-refractivity contribution in [2.45, 2.75) is 70.5 Å². The molecule has 2 fully saturated rings. The number of rotatable bonds is 2. The summed E-state index contributed by atoms with van der Waals surface area (Å²) in [5.74, 6) is -0.585. The number of nitrogens with zero attached hydrogens (tertiary/aromatic N) is 2. The molecule has 3 heteroatoms. The summed E-state index contributed by atoms with van der Waals surface area (Å²) >= 11 is 0. The fraction of sp³-hybridized carbons (Fsp3) is 0.429. The molecule has 0 unspecified atom stereocenters. The van der Waals surface area contributed by atoms with E-state index in [1.54, 1.807) is 18.3 Å². The molecule has 1 spiro atoms. The molecule has 0 radical (unpaired) electrons. The normalized spacial score (nSPS) is 22.7. The van der Waals surface area contributed by atoms with Gasteiger partial charge in [-0.3, -0.25) is 4.98 Å². The zero-order valence-electron chi connectivity index (χ0n) is 21.8. The van der Waals surface area contributed by atoms with Crippen LogP contribution in [-0.2, 0) is 0 Å². The molecule has 3 nitrogen and oxygen atoms in total. The van der Waals surface area contributed by atoms with Crippen molar-refractivity contribution < 1.29 is 9.90 Å². The van der Waals surface area contributed by atoms with Gasteiger partial charge in [-0.2, -0.15) is 0 Å². The largest absolute Gasteiger partial charge is 0.437 e. The summed E-state index contributed by atoms with van der Waals surface area (Å²) in [6, 6.07) is 13.3. The predicted octanol–water partition coefficient (Wildman–Crippen LogP) is 7.96. The van der Waals surface area contributed by atoms with Crippen LogP contribution >= 0.6 is 0 Å². The first-order valence-corrected chi connectivity index (χ1v) is 11.6. The van der Waals surface area contributed by atoms with Gasteiger partial charge in [0.1, 0.15) is 5.58 Å². The van der Waals surface area contributed by atoms with E-state index in [1.807, 2.05) is 24.3 Å². The third-order valence-corrected chi connectivity index (χ3v) is 7.64. The maximum Gasteiger partial charge on any atom is 0.227 e. The Morgan fingerprint density at radius 1 is 1.00 bits per heavy atom. The summed E-state index contributed by atoms with van der Waals surface area (Å²) in [5.41, 5.74) is 4.08. The number of para-hydroxylation sites is 1. The molecule has 158 valence electrons. The topological polar surface area (TPSA) is 38.9 Å². The zero-order chi connectivity index (χ0) is 24.3. The van der Waals surface area contributed by atoms with Crippen molar-refractivity contribution in [1.82, 2.24) is 9.97 Å². The standard InChI is InChI=1S/C28H30N2O/c1-19-8-9-23-22-6-5-7-24(26(22)31-27(23)30-19)25-18-21(12-17-29-25)20-10-15-28(16-11-20)13-3-2-4-14-28/h5-9,12,17-18,20H,2-4,10-11,13-16H2,1H3/i1D3,20D. The second-order valence-electron chi connectivity index (χ2n) is 9.43. The van der Waals surface area contributed by atoms with Crippen LogP contribution in [-0.4, -0.2) is 9.97 Å². The summed E-state index contributed by atoms with van der Waals surface area (Å²) in [5, 5.41) is 1.67. The second-order valence-corrected chi connectivity index (χ2v) is 9.43. The summed E-state index contributed by atoms with van der Waals surface area (Å²) in [6.07, 6.45) is 12.6. The van der Waals surface area contributed by atoms with Gasteiger partial charge >= 0.3 is 0 Å². The van der Waals surface area contributed by atoms with Crippen LogP contribution in [0.1, 0.15) is 80.4 Å². The maximum atomic E-state index is 9.34. The van der Waals surface area contributed by atoms with Gasteiger partial charge < -0.3 is 4.42 Å². The van der Waals surface area contributed by atoms with Crippen LogP contribution in [0.15, 0.2) is 53.1 Å². The smallest absolute Gasteiger partial charge is 0.227 e. The first kappa shape index (κ1) is 15.2. The molecule has 4 aromatic rings. The molecule has 2 saturated carbocycles. The number of fused-ring (bicyclic) bond motifs is 3. The molecule has 0 saturated heterocycles. The monoisotopic (exact) mass is 414 g/mol. The van der Waals surface area contributed by atoms with Crippen molar-refractivity contribution in [2.75, 3.05) is 0 Å². The molecule has 0 bridgehead atoms. The van der Waals surface area contributed by atoms with Crippen molar-refractivity contribution in [3.8, 4) is 11.3 Å². The lowest BCUT2D eigenvalue weighted by Crippen LogP contribution is -2.29. The summed E-state index contributed by atoms with van der Waals surface area (Å²) in [6.45, 7) is -2.29. The molecule has 0 aliphatic heterocycles. The first-order chi connectivity index (χ1) is 16.8. The Bertz CT molecular complexity index is 1390. The highest BCUT2D eigenvalue weighted by Gasteiger charge is 2.36.